The molecule has 1 amide bonds. The summed E-state index contributed by atoms with van der Waals surface area (Å²) >= 11 is 0. The average Bonchev–Trinajstić information content (AvgIpc) is 3.34. The van der Waals surface area contributed by atoms with E-state index in [9.17, 15) is 14.9 Å². The van der Waals surface area contributed by atoms with Gasteiger partial charge in [0.05, 0.1) is 26.3 Å². The number of nitro groups is 1. The molecule has 182 valence electrons. The molecule has 4 rings (SSSR count). The van der Waals surface area contributed by atoms with Crippen LogP contribution in [0.4, 0.5) is 5.69 Å². The van der Waals surface area contributed by atoms with Crippen molar-refractivity contribution in [2.24, 2.45) is 0 Å². The minimum absolute atomic E-state index is 0.0366. The Morgan fingerprint density at radius 3 is 2.41 bits per heavy atom. The monoisotopic (exact) mass is 474 g/mol. The van der Waals surface area contributed by atoms with Crippen molar-refractivity contribution in [3.05, 3.63) is 45.5 Å². The van der Waals surface area contributed by atoms with E-state index in [-0.39, 0.29) is 36.1 Å². The van der Waals surface area contributed by atoms with Crippen LogP contribution in [-0.4, -0.2) is 58.7 Å². The van der Waals surface area contributed by atoms with Crippen LogP contribution >= 0.6 is 0 Å². The van der Waals surface area contributed by atoms with E-state index < -0.39 is 21.9 Å². The van der Waals surface area contributed by atoms with Crippen molar-refractivity contribution in [2.75, 3.05) is 47.9 Å². The minimum atomic E-state index is -0.669. The summed E-state index contributed by atoms with van der Waals surface area (Å²) in [6, 6.07) is 7.00. The lowest BCUT2D eigenvalue weighted by Crippen LogP contribution is -2.44. The van der Waals surface area contributed by atoms with E-state index in [1.54, 1.807) is 0 Å². The van der Waals surface area contributed by atoms with Crippen LogP contribution in [0, 0.1) is 10.1 Å². The number of rotatable bonds is 8. The molecule has 1 fully saturated rings. The first-order valence-corrected chi connectivity index (χ1v) is 10.7. The third-order valence-electron chi connectivity index (χ3n) is 6.25. The van der Waals surface area contributed by atoms with Gasteiger partial charge in [0, 0.05) is 31.2 Å². The predicted octanol–water partition coefficient (Wildman–Crippen LogP) is 2.83. The normalized spacial score (nSPS) is 16.0. The molecule has 11 nitrogen and oxygen atoms in total. The number of nitrogens with one attached hydrogen (secondary N) is 1. The van der Waals surface area contributed by atoms with Gasteiger partial charge in [0.1, 0.15) is 5.56 Å². The van der Waals surface area contributed by atoms with Crippen molar-refractivity contribution < 1.29 is 38.1 Å². The van der Waals surface area contributed by atoms with Crippen molar-refractivity contribution in [2.45, 2.75) is 18.3 Å². The maximum Gasteiger partial charge on any atom is 0.327 e. The van der Waals surface area contributed by atoms with Crippen LogP contribution in [-0.2, 0) is 10.2 Å². The summed E-state index contributed by atoms with van der Waals surface area (Å²) in [5.74, 6) is 0.685. The Hall–Kier alpha value is -3.73. The minimum Gasteiger partial charge on any atom is -0.493 e. The molecule has 2 aliphatic rings. The SMILES string of the molecule is COc1cc(C(=O)NCC2(c3ccc4c(c3)OCO4)CCOCC2)c([N+](=O)[O-])c(OC)c1OC. The topological polar surface area (TPSA) is 128 Å². The zero-order valence-corrected chi connectivity index (χ0v) is 19.2. The number of amides is 1. The highest BCUT2D eigenvalue weighted by Gasteiger charge is 2.38. The molecule has 11 heteroatoms. The predicted molar refractivity (Wildman–Crippen MR) is 119 cm³/mol. The Kier molecular flexibility index (Phi) is 6.64. The van der Waals surface area contributed by atoms with Gasteiger partial charge in [-0.05, 0) is 30.5 Å². The second kappa shape index (κ2) is 9.64. The number of carbonyl (C=O) groups is 1. The van der Waals surface area contributed by atoms with Gasteiger partial charge in [-0.25, -0.2) is 0 Å². The van der Waals surface area contributed by atoms with Gasteiger partial charge >= 0.3 is 5.69 Å². The maximum absolute atomic E-state index is 13.3. The Morgan fingerprint density at radius 1 is 1.06 bits per heavy atom. The van der Waals surface area contributed by atoms with E-state index in [4.69, 9.17) is 28.4 Å². The van der Waals surface area contributed by atoms with Crippen molar-refractivity contribution in [3.63, 3.8) is 0 Å². The Labute approximate surface area is 196 Å². The van der Waals surface area contributed by atoms with Gasteiger partial charge in [0.15, 0.2) is 17.2 Å². The highest BCUT2D eigenvalue weighted by molar-refractivity contribution is 6.00. The molecule has 0 atom stereocenters. The molecule has 2 aliphatic heterocycles. The molecule has 2 aromatic carbocycles. The van der Waals surface area contributed by atoms with Gasteiger partial charge in [-0.15, -0.1) is 0 Å². The van der Waals surface area contributed by atoms with Crippen LogP contribution in [0.25, 0.3) is 0 Å². The summed E-state index contributed by atoms with van der Waals surface area (Å²) in [7, 11) is 3.98. The summed E-state index contributed by atoms with van der Waals surface area (Å²) in [4.78, 5) is 24.5. The second-order valence-electron chi connectivity index (χ2n) is 7.94. The fourth-order valence-corrected chi connectivity index (χ4v) is 4.40. The lowest BCUT2D eigenvalue weighted by atomic mass is 9.74. The van der Waals surface area contributed by atoms with E-state index in [1.165, 1.54) is 27.4 Å². The Bertz CT molecular complexity index is 1100. The largest absolute Gasteiger partial charge is 0.493 e. The lowest BCUT2D eigenvalue weighted by Gasteiger charge is -2.38. The molecule has 1 N–H and O–H groups in total. The highest BCUT2D eigenvalue weighted by Crippen LogP contribution is 2.46. The number of nitrogens with zero attached hydrogens (tertiary/aromatic N) is 1. The first-order chi connectivity index (χ1) is 16.4. The van der Waals surface area contributed by atoms with E-state index in [0.717, 1.165) is 5.56 Å². The number of carbonyl (C=O) groups excluding carboxylic acids is 1. The van der Waals surface area contributed by atoms with Crippen molar-refractivity contribution in [1.82, 2.24) is 5.32 Å². The molecule has 0 radical (unpaired) electrons. The molecule has 0 unspecified atom stereocenters. The van der Waals surface area contributed by atoms with Crippen LogP contribution < -0.4 is 29.0 Å². The van der Waals surface area contributed by atoms with Crippen LogP contribution in [0.1, 0.15) is 28.8 Å². The quantitative estimate of drug-likeness (QED) is 0.454. The number of fused-ring (bicyclic) bond motifs is 1. The molecule has 0 spiro atoms. The number of methoxy groups -OCH3 is 3. The number of nitro benzene ring substituents is 1. The fraction of sp³-hybridized carbons (Fsp3) is 0.435. The van der Waals surface area contributed by atoms with Gasteiger partial charge in [-0.2, -0.15) is 0 Å². The zero-order chi connectivity index (χ0) is 24.3. The van der Waals surface area contributed by atoms with Crippen molar-refractivity contribution >= 4 is 11.6 Å². The van der Waals surface area contributed by atoms with Crippen LogP contribution in [0.3, 0.4) is 0 Å². The van der Waals surface area contributed by atoms with E-state index in [2.05, 4.69) is 5.32 Å². The molecule has 0 aromatic heterocycles. The number of hydrogen-bond acceptors (Lipinski definition) is 9. The summed E-state index contributed by atoms with van der Waals surface area (Å²) in [6.45, 7) is 1.45. The molecule has 2 heterocycles. The lowest BCUT2D eigenvalue weighted by molar-refractivity contribution is -0.386. The number of benzene rings is 2. The standard InChI is InChI=1S/C23H26N2O9/c1-29-18-11-15(19(25(27)28)21(31-3)20(18)30-2)22(26)24-12-23(6-8-32-9-7-23)14-4-5-16-17(10-14)34-13-33-16/h4-5,10-11H,6-9,12-13H2,1-3H3,(H,24,26). The summed E-state index contributed by atoms with van der Waals surface area (Å²) < 4.78 is 32.2. The van der Waals surface area contributed by atoms with Gasteiger partial charge in [-0.3, -0.25) is 14.9 Å². The number of hydrogen-bond donors (Lipinski definition) is 1. The first kappa shape index (κ1) is 23.4. The average molecular weight is 474 g/mol. The van der Waals surface area contributed by atoms with Crippen LogP contribution in [0.2, 0.25) is 0 Å². The molecule has 34 heavy (non-hydrogen) atoms. The van der Waals surface area contributed by atoms with E-state index in [0.29, 0.717) is 37.6 Å². The molecule has 0 aliphatic carbocycles. The second-order valence-corrected chi connectivity index (χ2v) is 7.94. The smallest absolute Gasteiger partial charge is 0.327 e. The van der Waals surface area contributed by atoms with Crippen LogP contribution in [0.15, 0.2) is 24.3 Å². The van der Waals surface area contributed by atoms with Gasteiger partial charge in [0.2, 0.25) is 18.3 Å². The third-order valence-corrected chi connectivity index (χ3v) is 6.25. The van der Waals surface area contributed by atoms with Crippen molar-refractivity contribution in [1.29, 1.82) is 0 Å². The molecule has 0 bridgehead atoms. The van der Waals surface area contributed by atoms with Crippen LogP contribution in [0.5, 0.6) is 28.7 Å². The zero-order valence-electron chi connectivity index (χ0n) is 19.2. The molecule has 0 saturated carbocycles. The van der Waals surface area contributed by atoms with E-state index >= 15 is 0 Å². The molecule has 2 aromatic rings. The molecule has 1 saturated heterocycles. The first-order valence-electron chi connectivity index (χ1n) is 10.7. The van der Waals surface area contributed by atoms with Gasteiger partial charge in [0.25, 0.3) is 5.91 Å². The molecular weight excluding hydrogens is 448 g/mol. The molecular formula is C23H26N2O9. The van der Waals surface area contributed by atoms with Gasteiger partial charge in [-0.1, -0.05) is 6.07 Å². The highest BCUT2D eigenvalue weighted by atomic mass is 16.7. The fourth-order valence-electron chi connectivity index (χ4n) is 4.40. The summed E-state index contributed by atoms with van der Waals surface area (Å²) in [6.07, 6.45) is 1.31. The Balaban J connectivity index is 1.67. The summed E-state index contributed by atoms with van der Waals surface area (Å²) in [5.41, 5.74) is -0.154. The van der Waals surface area contributed by atoms with Gasteiger partial charge < -0.3 is 33.7 Å². The Morgan fingerprint density at radius 2 is 1.76 bits per heavy atom. The van der Waals surface area contributed by atoms with Crippen molar-refractivity contribution in [3.8, 4) is 28.7 Å². The third kappa shape index (κ3) is 4.14. The summed E-state index contributed by atoms with van der Waals surface area (Å²) in [5, 5.41) is 14.8. The van der Waals surface area contributed by atoms with E-state index in [1.807, 2.05) is 18.2 Å². The maximum atomic E-state index is 13.3. The number of ether oxygens (including phenoxy) is 6.